The van der Waals surface area contributed by atoms with Crippen LogP contribution in [0, 0.1) is 0 Å². The van der Waals surface area contributed by atoms with Gasteiger partial charge in [0.05, 0.1) is 39.4 Å². The molecule has 0 N–H and O–H groups in total. The lowest BCUT2D eigenvalue weighted by Gasteiger charge is -2.15. The monoisotopic (exact) mass is 416 g/mol. The number of nitrogens with zero attached hydrogens (tertiary/aromatic N) is 2. The standard InChI is InChI=1S/C21H24N2O5S/c1-23-20(24)18(29-21(23)22-14-6-8-15(25-2)9-7-14)12-13-10-16(26-3)19(28-5)17(11-13)27-4/h6-11,18H,12H2,1-5H3/t18-/m1/s1. The van der Waals surface area contributed by atoms with Crippen LogP contribution in [0.4, 0.5) is 5.69 Å². The number of amides is 1. The zero-order chi connectivity index (χ0) is 21.0. The Labute approximate surface area is 174 Å². The van der Waals surface area contributed by atoms with E-state index in [1.165, 1.54) is 11.8 Å². The molecule has 29 heavy (non-hydrogen) atoms. The van der Waals surface area contributed by atoms with Crippen LogP contribution in [0.1, 0.15) is 5.56 Å². The van der Waals surface area contributed by atoms with Gasteiger partial charge < -0.3 is 18.9 Å². The normalized spacial score (nSPS) is 17.6. The van der Waals surface area contributed by atoms with Crippen LogP contribution in [0.2, 0.25) is 0 Å². The first-order valence-corrected chi connectivity index (χ1v) is 9.84. The molecule has 1 heterocycles. The largest absolute Gasteiger partial charge is 0.497 e. The van der Waals surface area contributed by atoms with Crippen molar-refractivity contribution in [1.29, 1.82) is 0 Å². The highest BCUT2D eigenvalue weighted by molar-refractivity contribution is 8.15. The molecule has 0 saturated carbocycles. The van der Waals surface area contributed by atoms with E-state index in [0.29, 0.717) is 28.8 Å². The highest BCUT2D eigenvalue weighted by Gasteiger charge is 2.36. The molecule has 1 fully saturated rings. The van der Waals surface area contributed by atoms with Crippen LogP contribution in [0.3, 0.4) is 0 Å². The molecule has 0 aliphatic carbocycles. The smallest absolute Gasteiger partial charge is 0.242 e. The maximum absolute atomic E-state index is 12.8. The minimum atomic E-state index is -0.278. The number of rotatable bonds is 7. The summed E-state index contributed by atoms with van der Waals surface area (Å²) >= 11 is 1.45. The summed E-state index contributed by atoms with van der Waals surface area (Å²) in [6, 6.07) is 11.1. The molecule has 8 heteroatoms. The van der Waals surface area contributed by atoms with E-state index in [-0.39, 0.29) is 11.2 Å². The number of carbonyl (C=O) groups excluding carboxylic acids is 1. The van der Waals surface area contributed by atoms with Crippen molar-refractivity contribution in [2.75, 3.05) is 35.5 Å². The predicted octanol–water partition coefficient (Wildman–Crippen LogP) is 3.53. The number of ether oxygens (including phenoxy) is 4. The van der Waals surface area contributed by atoms with E-state index >= 15 is 0 Å². The van der Waals surface area contributed by atoms with Crippen molar-refractivity contribution in [3.8, 4) is 23.0 Å². The Kier molecular flexibility index (Phi) is 6.53. The van der Waals surface area contributed by atoms with Crippen LogP contribution < -0.4 is 18.9 Å². The second-order valence-electron chi connectivity index (χ2n) is 6.33. The van der Waals surface area contributed by atoms with E-state index in [9.17, 15) is 4.79 Å². The van der Waals surface area contributed by atoms with Gasteiger partial charge in [0.2, 0.25) is 11.7 Å². The Bertz CT molecular complexity index is 889. The Morgan fingerprint density at radius 1 is 0.966 bits per heavy atom. The third-order valence-electron chi connectivity index (χ3n) is 4.58. The summed E-state index contributed by atoms with van der Waals surface area (Å²) in [4.78, 5) is 19.0. The van der Waals surface area contributed by atoms with E-state index in [1.807, 2.05) is 36.4 Å². The van der Waals surface area contributed by atoms with Gasteiger partial charge in [-0.1, -0.05) is 11.8 Å². The topological polar surface area (TPSA) is 69.6 Å². The van der Waals surface area contributed by atoms with E-state index in [2.05, 4.69) is 4.99 Å². The van der Waals surface area contributed by atoms with Crippen LogP contribution in [-0.2, 0) is 11.2 Å². The lowest BCUT2D eigenvalue weighted by molar-refractivity contribution is -0.125. The molecule has 154 valence electrons. The molecule has 3 rings (SSSR count). The van der Waals surface area contributed by atoms with Crippen molar-refractivity contribution in [3.63, 3.8) is 0 Å². The van der Waals surface area contributed by atoms with Gasteiger partial charge in [0.25, 0.3) is 0 Å². The number of benzene rings is 2. The molecule has 2 aromatic rings. The average molecular weight is 416 g/mol. The molecule has 1 aliphatic rings. The fourth-order valence-electron chi connectivity index (χ4n) is 3.03. The summed E-state index contributed by atoms with van der Waals surface area (Å²) in [5, 5.41) is 0.386. The zero-order valence-corrected chi connectivity index (χ0v) is 17.9. The number of amidine groups is 1. The number of hydrogen-bond acceptors (Lipinski definition) is 7. The van der Waals surface area contributed by atoms with Crippen molar-refractivity contribution in [1.82, 2.24) is 4.90 Å². The Hall–Kier alpha value is -2.87. The summed E-state index contributed by atoms with van der Waals surface area (Å²) < 4.78 is 21.3. The van der Waals surface area contributed by atoms with Gasteiger partial charge >= 0.3 is 0 Å². The number of carbonyl (C=O) groups is 1. The van der Waals surface area contributed by atoms with E-state index in [4.69, 9.17) is 18.9 Å². The van der Waals surface area contributed by atoms with Crippen LogP contribution in [-0.4, -0.2) is 56.7 Å². The third-order valence-corrected chi connectivity index (χ3v) is 5.81. The van der Waals surface area contributed by atoms with E-state index < -0.39 is 0 Å². The lowest BCUT2D eigenvalue weighted by atomic mass is 10.1. The summed E-state index contributed by atoms with van der Waals surface area (Å²) in [6.07, 6.45) is 0.520. The van der Waals surface area contributed by atoms with Crippen molar-refractivity contribution in [3.05, 3.63) is 42.0 Å². The second-order valence-corrected chi connectivity index (χ2v) is 7.50. The SMILES string of the molecule is COc1ccc(N=C2S[C@H](Cc3cc(OC)c(OC)c(OC)c3)C(=O)N2C)cc1. The highest BCUT2D eigenvalue weighted by atomic mass is 32.2. The number of aliphatic imine (C=N–C) groups is 1. The Balaban J connectivity index is 1.82. The van der Waals surface area contributed by atoms with Gasteiger partial charge in [0.1, 0.15) is 5.75 Å². The molecule has 0 unspecified atom stereocenters. The predicted molar refractivity (Wildman–Crippen MR) is 114 cm³/mol. The van der Waals surface area contributed by atoms with E-state index in [0.717, 1.165) is 17.0 Å². The van der Waals surface area contributed by atoms with Gasteiger partial charge in [0, 0.05) is 7.05 Å². The Morgan fingerprint density at radius 3 is 2.10 bits per heavy atom. The summed E-state index contributed by atoms with van der Waals surface area (Å²) in [7, 11) is 8.07. The zero-order valence-electron chi connectivity index (χ0n) is 17.1. The maximum Gasteiger partial charge on any atom is 0.242 e. The fraction of sp³-hybridized carbons (Fsp3) is 0.333. The van der Waals surface area contributed by atoms with Crippen LogP contribution in [0.25, 0.3) is 0 Å². The summed E-state index contributed by atoms with van der Waals surface area (Å²) in [6.45, 7) is 0. The molecule has 1 amide bonds. The fourth-order valence-corrected chi connectivity index (χ4v) is 4.23. The molecule has 0 spiro atoms. The molecule has 0 radical (unpaired) electrons. The maximum atomic E-state index is 12.8. The average Bonchev–Trinajstić information content (AvgIpc) is 3.01. The molecule has 0 bridgehead atoms. The van der Waals surface area contributed by atoms with Crippen molar-refractivity contribution < 1.29 is 23.7 Å². The molecular weight excluding hydrogens is 392 g/mol. The number of methoxy groups -OCH3 is 4. The van der Waals surface area contributed by atoms with Gasteiger partial charge in [-0.25, -0.2) is 4.99 Å². The highest BCUT2D eigenvalue weighted by Crippen LogP contribution is 2.40. The second kappa shape index (κ2) is 9.09. The number of hydrogen-bond donors (Lipinski definition) is 0. The quantitative estimate of drug-likeness (QED) is 0.688. The number of thioether (sulfide) groups is 1. The van der Waals surface area contributed by atoms with Gasteiger partial charge in [0.15, 0.2) is 16.7 Å². The van der Waals surface area contributed by atoms with Crippen LogP contribution in [0.5, 0.6) is 23.0 Å². The minimum Gasteiger partial charge on any atom is -0.497 e. The van der Waals surface area contributed by atoms with Gasteiger partial charge in [-0.3, -0.25) is 9.69 Å². The molecule has 1 aliphatic heterocycles. The summed E-state index contributed by atoms with van der Waals surface area (Å²) in [5.41, 5.74) is 1.69. The molecule has 0 aromatic heterocycles. The Morgan fingerprint density at radius 2 is 1.59 bits per heavy atom. The molecule has 2 aromatic carbocycles. The molecule has 1 atom stereocenters. The lowest BCUT2D eigenvalue weighted by Crippen LogP contribution is -2.28. The first-order valence-electron chi connectivity index (χ1n) is 8.96. The first-order chi connectivity index (χ1) is 14.0. The van der Waals surface area contributed by atoms with Crippen molar-refractivity contribution in [2.45, 2.75) is 11.7 Å². The van der Waals surface area contributed by atoms with Gasteiger partial charge in [-0.05, 0) is 48.4 Å². The minimum absolute atomic E-state index is 0.0102. The van der Waals surface area contributed by atoms with Crippen molar-refractivity contribution >= 4 is 28.5 Å². The van der Waals surface area contributed by atoms with Gasteiger partial charge in [-0.15, -0.1) is 0 Å². The molecule has 7 nitrogen and oxygen atoms in total. The molecule has 1 saturated heterocycles. The third kappa shape index (κ3) is 4.42. The van der Waals surface area contributed by atoms with E-state index in [1.54, 1.807) is 40.4 Å². The van der Waals surface area contributed by atoms with Crippen LogP contribution >= 0.6 is 11.8 Å². The molecular formula is C21H24N2O5S. The van der Waals surface area contributed by atoms with Gasteiger partial charge in [-0.2, -0.15) is 0 Å². The van der Waals surface area contributed by atoms with Crippen LogP contribution in [0.15, 0.2) is 41.4 Å². The first kappa shape index (κ1) is 20.9. The summed E-state index contributed by atoms with van der Waals surface area (Å²) in [5.74, 6) is 2.44. The van der Waals surface area contributed by atoms with Crippen molar-refractivity contribution in [2.24, 2.45) is 4.99 Å².